The molecule has 0 N–H and O–H groups in total. The first-order valence-electron chi connectivity index (χ1n) is 11.1. The molecule has 1 aliphatic heterocycles. The van der Waals surface area contributed by atoms with Crippen LogP contribution in [0.5, 0.6) is 5.88 Å². The Labute approximate surface area is 212 Å². The summed E-state index contributed by atoms with van der Waals surface area (Å²) in [5.41, 5.74) is 1.97. The van der Waals surface area contributed by atoms with Crippen LogP contribution in [0, 0.1) is 6.92 Å². The van der Waals surface area contributed by atoms with Gasteiger partial charge in [-0.2, -0.15) is 9.67 Å². The number of amides is 2. The van der Waals surface area contributed by atoms with Gasteiger partial charge in [0.1, 0.15) is 5.57 Å². The van der Waals surface area contributed by atoms with Gasteiger partial charge in [-0.1, -0.05) is 36.5 Å². The van der Waals surface area contributed by atoms with Gasteiger partial charge in [0.05, 0.1) is 34.6 Å². The van der Waals surface area contributed by atoms with E-state index >= 15 is 0 Å². The van der Waals surface area contributed by atoms with Crippen LogP contribution in [0.25, 0.3) is 17.0 Å². The lowest BCUT2D eigenvalue weighted by Gasteiger charge is -2.15. The molecule has 3 aromatic rings. The van der Waals surface area contributed by atoms with E-state index in [1.54, 1.807) is 35.2 Å². The number of aromatic nitrogens is 3. The van der Waals surface area contributed by atoms with Gasteiger partial charge in [0.2, 0.25) is 0 Å². The molecule has 0 fully saturated rings. The Morgan fingerprint density at radius 3 is 2.57 bits per heavy atom. The summed E-state index contributed by atoms with van der Waals surface area (Å²) in [6, 6.07) is 8.39. The normalized spacial score (nSPS) is 13.9. The van der Waals surface area contributed by atoms with E-state index in [9.17, 15) is 14.7 Å². The van der Waals surface area contributed by atoms with Gasteiger partial charge < -0.3 is 9.84 Å². The zero-order valence-corrected chi connectivity index (χ0v) is 21.1. The first kappa shape index (κ1) is 24.9. The zero-order chi connectivity index (χ0) is 25.3. The van der Waals surface area contributed by atoms with Crippen molar-refractivity contribution in [2.75, 3.05) is 20.3 Å². The molecule has 182 valence electrons. The van der Waals surface area contributed by atoms with Crippen molar-refractivity contribution in [2.24, 2.45) is 0 Å². The molecule has 3 heterocycles. The molecule has 0 saturated carbocycles. The summed E-state index contributed by atoms with van der Waals surface area (Å²) in [6.45, 7) is 4.06. The molecule has 0 aliphatic carbocycles. The van der Waals surface area contributed by atoms with Crippen molar-refractivity contribution < 1.29 is 24.0 Å². The number of imide groups is 1. The zero-order valence-electron chi connectivity index (χ0n) is 19.5. The molecule has 35 heavy (non-hydrogen) atoms. The van der Waals surface area contributed by atoms with E-state index in [2.05, 4.69) is 5.10 Å². The van der Waals surface area contributed by atoms with Crippen LogP contribution in [0.2, 0.25) is 10.0 Å². The molecule has 2 amide bonds. The van der Waals surface area contributed by atoms with Crippen LogP contribution in [-0.4, -0.2) is 46.8 Å². The van der Waals surface area contributed by atoms with Gasteiger partial charge in [-0.05, 0) is 43.5 Å². The van der Waals surface area contributed by atoms with E-state index < -0.39 is 17.7 Å². The maximum atomic E-state index is 13.7. The molecular formula is C25H24Cl2N4O4. The number of hydrogen-bond acceptors (Lipinski definition) is 5. The molecule has 1 aliphatic rings. The Kier molecular flexibility index (Phi) is 7.25. The third-order valence-electron chi connectivity index (χ3n) is 5.67. The standard InChI is InChI=1S/C25H24Cl2N4O4/c1-4-6-19-20(24(33)31(28-19)16-8-9-17(26)18(27)13-16)21-22(29-10-5-7-15(2)14-29)25(34)30(23(21)32)11-12-35-3/h5,7-10,13-14H,4,6,11-12H2,1-3H3. The lowest BCUT2D eigenvalue weighted by Crippen LogP contribution is -2.40. The number of rotatable bonds is 8. The molecule has 0 radical (unpaired) electrons. The maximum Gasteiger partial charge on any atom is 0.326 e. The number of carbonyl (C=O) groups excluding carboxylic acids is 2. The first-order valence-corrected chi connectivity index (χ1v) is 11.9. The third-order valence-corrected chi connectivity index (χ3v) is 6.41. The molecular weight excluding hydrogens is 491 g/mol. The molecule has 2 aromatic heterocycles. The number of methoxy groups -OCH3 is 1. The Hall–Kier alpha value is -3.20. The van der Waals surface area contributed by atoms with Crippen LogP contribution in [0.15, 0.2) is 42.7 Å². The third kappa shape index (κ3) is 4.57. The smallest absolute Gasteiger partial charge is 0.326 e. The van der Waals surface area contributed by atoms with E-state index in [0.29, 0.717) is 29.2 Å². The number of pyridine rings is 1. The summed E-state index contributed by atoms with van der Waals surface area (Å²) in [6.07, 6.45) is 4.54. The number of hydrogen-bond donors (Lipinski definition) is 0. The van der Waals surface area contributed by atoms with E-state index in [1.807, 2.05) is 19.9 Å². The molecule has 1 aromatic carbocycles. The largest absolute Gasteiger partial charge is 0.858 e. The van der Waals surface area contributed by atoms with Gasteiger partial charge in [0.25, 0.3) is 11.6 Å². The fourth-order valence-electron chi connectivity index (χ4n) is 4.05. The van der Waals surface area contributed by atoms with Crippen molar-refractivity contribution >= 4 is 46.3 Å². The van der Waals surface area contributed by atoms with Crippen molar-refractivity contribution in [3.8, 4) is 11.6 Å². The summed E-state index contributed by atoms with van der Waals surface area (Å²) in [5, 5.41) is 18.9. The molecule has 0 atom stereocenters. The molecule has 0 unspecified atom stereocenters. The molecule has 4 rings (SSSR count). The highest BCUT2D eigenvalue weighted by molar-refractivity contribution is 6.45. The number of carbonyl (C=O) groups is 2. The maximum absolute atomic E-state index is 13.7. The second-order valence-electron chi connectivity index (χ2n) is 8.15. The van der Waals surface area contributed by atoms with Crippen LogP contribution in [-0.2, 0) is 20.7 Å². The van der Waals surface area contributed by atoms with Crippen molar-refractivity contribution in [1.82, 2.24) is 14.7 Å². The van der Waals surface area contributed by atoms with Crippen molar-refractivity contribution in [3.63, 3.8) is 0 Å². The highest BCUT2D eigenvalue weighted by Gasteiger charge is 2.46. The van der Waals surface area contributed by atoms with Crippen molar-refractivity contribution in [2.45, 2.75) is 26.7 Å². The Morgan fingerprint density at radius 1 is 1.14 bits per heavy atom. The number of nitrogens with zero attached hydrogens (tertiary/aromatic N) is 4. The van der Waals surface area contributed by atoms with Crippen LogP contribution >= 0.6 is 23.2 Å². The predicted molar refractivity (Wildman–Crippen MR) is 130 cm³/mol. The summed E-state index contributed by atoms with van der Waals surface area (Å²) in [7, 11) is 1.49. The summed E-state index contributed by atoms with van der Waals surface area (Å²) >= 11 is 12.2. The molecule has 8 nitrogen and oxygen atoms in total. The van der Waals surface area contributed by atoms with E-state index in [0.717, 1.165) is 10.5 Å². The minimum absolute atomic E-state index is 0.0291. The molecule has 0 bridgehead atoms. The van der Waals surface area contributed by atoms with Gasteiger partial charge in [-0.3, -0.25) is 14.5 Å². The fourth-order valence-corrected chi connectivity index (χ4v) is 4.34. The van der Waals surface area contributed by atoms with Crippen LogP contribution < -0.4 is 9.67 Å². The quantitative estimate of drug-likeness (QED) is 0.340. The fraction of sp³-hybridized carbons (Fsp3) is 0.280. The number of ether oxygens (including phenoxy) is 1. The monoisotopic (exact) mass is 514 g/mol. The van der Waals surface area contributed by atoms with Gasteiger partial charge in [0, 0.05) is 24.3 Å². The molecule has 0 saturated heterocycles. The average molecular weight is 515 g/mol. The lowest BCUT2D eigenvalue weighted by molar-refractivity contribution is -0.577. The van der Waals surface area contributed by atoms with Gasteiger partial charge in [-0.25, -0.2) is 4.68 Å². The Bertz CT molecular complexity index is 1350. The second kappa shape index (κ2) is 10.2. The topological polar surface area (TPSA) is 91.4 Å². The Morgan fingerprint density at radius 2 is 1.91 bits per heavy atom. The first-order chi connectivity index (χ1) is 16.8. The Balaban J connectivity index is 1.98. The van der Waals surface area contributed by atoms with E-state index in [-0.39, 0.29) is 35.0 Å². The van der Waals surface area contributed by atoms with Crippen LogP contribution in [0.4, 0.5) is 0 Å². The minimum atomic E-state index is -0.556. The second-order valence-corrected chi connectivity index (χ2v) is 8.97. The molecule has 10 heteroatoms. The molecule has 0 spiro atoms. The number of halogens is 2. The SMILES string of the molecule is CCCc1nn(-c2ccc(Cl)c(Cl)c2)c([O-])c1C1=C([n+]2cccc(C)c2)C(=O)N(CCOC)C1=O. The number of aryl methyl sites for hydroxylation is 2. The minimum Gasteiger partial charge on any atom is -0.858 e. The lowest BCUT2D eigenvalue weighted by atomic mass is 10.0. The van der Waals surface area contributed by atoms with Crippen molar-refractivity contribution in [3.05, 3.63) is 69.6 Å². The average Bonchev–Trinajstić information content (AvgIpc) is 3.26. The summed E-state index contributed by atoms with van der Waals surface area (Å²) in [4.78, 5) is 28.2. The van der Waals surface area contributed by atoms with E-state index in [4.69, 9.17) is 27.9 Å². The number of benzene rings is 1. The van der Waals surface area contributed by atoms with Crippen LogP contribution in [0.1, 0.15) is 30.2 Å². The van der Waals surface area contributed by atoms with Gasteiger partial charge >= 0.3 is 5.91 Å². The summed E-state index contributed by atoms with van der Waals surface area (Å²) in [5.74, 6) is -1.57. The van der Waals surface area contributed by atoms with Gasteiger partial charge in [-0.15, -0.1) is 0 Å². The predicted octanol–water partition coefficient (Wildman–Crippen LogP) is 3.18. The summed E-state index contributed by atoms with van der Waals surface area (Å²) < 4.78 is 7.88. The van der Waals surface area contributed by atoms with Crippen LogP contribution in [0.3, 0.4) is 0 Å². The highest BCUT2D eigenvalue weighted by Crippen LogP contribution is 2.38. The van der Waals surface area contributed by atoms with Gasteiger partial charge in [0.15, 0.2) is 12.4 Å². The van der Waals surface area contributed by atoms with Crippen molar-refractivity contribution in [1.29, 1.82) is 0 Å². The highest BCUT2D eigenvalue weighted by atomic mass is 35.5. The van der Waals surface area contributed by atoms with E-state index in [1.165, 1.54) is 17.9 Å².